The lowest BCUT2D eigenvalue weighted by molar-refractivity contribution is 0.481. The van der Waals surface area contributed by atoms with Gasteiger partial charge in [-0.3, -0.25) is 9.38 Å². The van der Waals surface area contributed by atoms with Crippen LogP contribution in [-0.2, 0) is 6.42 Å². The number of benzene rings is 2. The Morgan fingerprint density at radius 2 is 1.65 bits per heavy atom. The number of imidazole rings is 1. The van der Waals surface area contributed by atoms with Gasteiger partial charge in [0.15, 0.2) is 17.5 Å². The number of nitrogens with two attached hydrogens (primary N) is 1. The highest BCUT2D eigenvalue weighted by molar-refractivity contribution is 5.96. The van der Waals surface area contributed by atoms with E-state index in [1.807, 2.05) is 30.3 Å². The van der Waals surface area contributed by atoms with Crippen molar-refractivity contribution in [2.45, 2.75) is 6.42 Å². The molecule has 10 heteroatoms. The van der Waals surface area contributed by atoms with Crippen LogP contribution in [0.5, 0.6) is 0 Å². The molecule has 0 fully saturated rings. The molecule has 0 bridgehead atoms. The second-order valence-electron chi connectivity index (χ2n) is 8.35. The van der Waals surface area contributed by atoms with Crippen molar-refractivity contribution in [3.63, 3.8) is 0 Å². The molecule has 2 aromatic carbocycles. The summed E-state index contributed by atoms with van der Waals surface area (Å²) in [6, 6.07) is 13.5. The Morgan fingerprint density at radius 1 is 0.811 bits per heavy atom. The SMILES string of the molecule is Nc1nc(-c2nc(Cc3c(F)ccc(F)c3F)n3cc(F)ccc23)ncc1-c1cccc2ncccc12. The molecule has 4 aromatic heterocycles. The van der Waals surface area contributed by atoms with Gasteiger partial charge in [-0.05, 0) is 42.0 Å². The van der Waals surface area contributed by atoms with Crippen molar-refractivity contribution < 1.29 is 17.6 Å². The molecule has 0 amide bonds. The number of nitrogen functional groups attached to an aromatic ring is 1. The molecular formula is C27H16F4N6. The predicted octanol–water partition coefficient (Wildman–Crippen LogP) is 5.74. The molecule has 0 unspecified atom stereocenters. The highest BCUT2D eigenvalue weighted by atomic mass is 19.2. The average molecular weight is 500 g/mol. The van der Waals surface area contributed by atoms with Gasteiger partial charge in [-0.1, -0.05) is 18.2 Å². The smallest absolute Gasteiger partial charge is 0.182 e. The Kier molecular flexibility index (Phi) is 5.29. The first-order valence-electron chi connectivity index (χ1n) is 11.2. The van der Waals surface area contributed by atoms with E-state index < -0.39 is 35.3 Å². The summed E-state index contributed by atoms with van der Waals surface area (Å²) >= 11 is 0. The number of rotatable bonds is 4. The first-order valence-corrected chi connectivity index (χ1v) is 11.2. The third kappa shape index (κ3) is 3.83. The molecule has 0 aliphatic carbocycles. The first kappa shape index (κ1) is 22.6. The summed E-state index contributed by atoms with van der Waals surface area (Å²) in [6.07, 6.45) is 3.94. The van der Waals surface area contributed by atoms with E-state index in [-0.39, 0.29) is 23.2 Å². The molecule has 0 saturated carbocycles. The molecule has 2 N–H and O–H groups in total. The first-order chi connectivity index (χ1) is 17.9. The topological polar surface area (TPSA) is 82.0 Å². The lowest BCUT2D eigenvalue weighted by Gasteiger charge is -2.09. The molecule has 0 radical (unpaired) electrons. The van der Waals surface area contributed by atoms with Gasteiger partial charge < -0.3 is 5.73 Å². The van der Waals surface area contributed by atoms with E-state index in [2.05, 4.69) is 19.9 Å². The van der Waals surface area contributed by atoms with Crippen LogP contribution in [0.4, 0.5) is 23.4 Å². The Bertz CT molecular complexity index is 1830. The van der Waals surface area contributed by atoms with Crippen molar-refractivity contribution in [1.82, 2.24) is 24.3 Å². The van der Waals surface area contributed by atoms with Crippen LogP contribution in [0.1, 0.15) is 11.4 Å². The van der Waals surface area contributed by atoms with Crippen LogP contribution < -0.4 is 5.73 Å². The minimum Gasteiger partial charge on any atom is -0.383 e. The average Bonchev–Trinajstić information content (AvgIpc) is 3.26. The van der Waals surface area contributed by atoms with Gasteiger partial charge in [-0.15, -0.1) is 0 Å². The van der Waals surface area contributed by atoms with Crippen LogP contribution in [0.3, 0.4) is 0 Å². The van der Waals surface area contributed by atoms with Gasteiger partial charge in [0.05, 0.1) is 11.0 Å². The molecule has 0 saturated heterocycles. The summed E-state index contributed by atoms with van der Waals surface area (Å²) in [4.78, 5) is 17.7. The third-order valence-electron chi connectivity index (χ3n) is 6.11. The maximum Gasteiger partial charge on any atom is 0.182 e. The van der Waals surface area contributed by atoms with Crippen molar-refractivity contribution in [1.29, 1.82) is 0 Å². The second kappa shape index (κ2) is 8.66. The third-order valence-corrected chi connectivity index (χ3v) is 6.11. The highest BCUT2D eigenvalue weighted by Gasteiger charge is 2.21. The maximum absolute atomic E-state index is 14.4. The van der Waals surface area contributed by atoms with Crippen molar-refractivity contribution in [3.05, 3.63) is 108 Å². The van der Waals surface area contributed by atoms with Crippen LogP contribution >= 0.6 is 0 Å². The highest BCUT2D eigenvalue weighted by Crippen LogP contribution is 2.32. The molecule has 37 heavy (non-hydrogen) atoms. The van der Waals surface area contributed by atoms with Crippen LogP contribution in [0.2, 0.25) is 0 Å². The van der Waals surface area contributed by atoms with E-state index in [1.165, 1.54) is 16.5 Å². The minimum atomic E-state index is -1.33. The molecule has 6 rings (SSSR count). The number of hydrogen-bond donors (Lipinski definition) is 1. The number of anilines is 1. The summed E-state index contributed by atoms with van der Waals surface area (Å²) < 4.78 is 57.9. The number of fused-ring (bicyclic) bond motifs is 2. The second-order valence-corrected chi connectivity index (χ2v) is 8.35. The molecule has 182 valence electrons. The van der Waals surface area contributed by atoms with E-state index in [4.69, 9.17) is 5.73 Å². The summed E-state index contributed by atoms with van der Waals surface area (Å²) in [5.74, 6) is -3.69. The van der Waals surface area contributed by atoms with Gasteiger partial charge in [0.25, 0.3) is 0 Å². The van der Waals surface area contributed by atoms with Gasteiger partial charge in [0.1, 0.15) is 29.0 Å². The quantitative estimate of drug-likeness (QED) is 0.247. The largest absolute Gasteiger partial charge is 0.383 e. The number of halogens is 4. The fraction of sp³-hybridized carbons (Fsp3) is 0.0370. The molecule has 6 aromatic rings. The Hall–Kier alpha value is -4.86. The normalized spacial score (nSPS) is 11.5. The molecule has 4 heterocycles. The van der Waals surface area contributed by atoms with Gasteiger partial charge in [-0.25, -0.2) is 32.5 Å². The zero-order chi connectivity index (χ0) is 25.7. The molecule has 0 spiro atoms. The van der Waals surface area contributed by atoms with E-state index >= 15 is 0 Å². The fourth-order valence-electron chi connectivity index (χ4n) is 4.35. The monoisotopic (exact) mass is 500 g/mol. The zero-order valence-electron chi connectivity index (χ0n) is 19.0. The molecule has 0 atom stereocenters. The Balaban J connectivity index is 1.48. The number of aromatic nitrogens is 5. The molecule has 0 aliphatic heterocycles. The summed E-state index contributed by atoms with van der Waals surface area (Å²) in [5.41, 5.74) is 8.58. The number of nitrogens with zero attached hydrogens (tertiary/aromatic N) is 5. The van der Waals surface area contributed by atoms with E-state index in [9.17, 15) is 17.6 Å². The van der Waals surface area contributed by atoms with Crippen LogP contribution in [0.25, 0.3) is 39.1 Å². The van der Waals surface area contributed by atoms with Crippen molar-refractivity contribution >= 4 is 22.2 Å². The summed E-state index contributed by atoms with van der Waals surface area (Å²) in [7, 11) is 0. The van der Waals surface area contributed by atoms with Gasteiger partial charge in [-0.2, -0.15) is 0 Å². The Morgan fingerprint density at radius 3 is 2.49 bits per heavy atom. The lowest BCUT2D eigenvalue weighted by atomic mass is 10.0. The van der Waals surface area contributed by atoms with Gasteiger partial charge >= 0.3 is 0 Å². The zero-order valence-corrected chi connectivity index (χ0v) is 19.0. The summed E-state index contributed by atoms with van der Waals surface area (Å²) in [5, 5.41) is 0.873. The fourth-order valence-corrected chi connectivity index (χ4v) is 4.35. The minimum absolute atomic E-state index is 0.0688. The standard InChI is InChI=1S/C27H16F4N6/c28-14-6-9-22-25(35-23(37(22)13-14)11-17-19(29)7-8-20(30)24(17)31)27-34-12-18(26(32)36-27)15-3-1-5-21-16(15)4-2-10-33-21/h1-10,12-13H,11H2,(H2,32,34,36). The van der Waals surface area contributed by atoms with Gasteiger partial charge in [0, 0.05) is 41.5 Å². The van der Waals surface area contributed by atoms with Crippen molar-refractivity contribution in [2.24, 2.45) is 0 Å². The van der Waals surface area contributed by atoms with Crippen LogP contribution in [0.15, 0.2) is 73.2 Å². The molecular weight excluding hydrogens is 484 g/mol. The molecule has 0 aliphatic rings. The van der Waals surface area contributed by atoms with Crippen LogP contribution in [0, 0.1) is 23.3 Å². The maximum atomic E-state index is 14.4. The number of hydrogen-bond acceptors (Lipinski definition) is 5. The predicted molar refractivity (Wildman–Crippen MR) is 130 cm³/mol. The van der Waals surface area contributed by atoms with E-state index in [1.54, 1.807) is 12.4 Å². The van der Waals surface area contributed by atoms with Gasteiger partial charge in [0.2, 0.25) is 0 Å². The molecule has 6 nitrogen and oxygen atoms in total. The van der Waals surface area contributed by atoms with E-state index in [0.29, 0.717) is 17.1 Å². The summed E-state index contributed by atoms with van der Waals surface area (Å²) in [6.45, 7) is 0. The van der Waals surface area contributed by atoms with Crippen LogP contribution in [-0.4, -0.2) is 24.3 Å². The number of pyridine rings is 2. The van der Waals surface area contributed by atoms with Crippen molar-refractivity contribution in [2.75, 3.05) is 5.73 Å². The van der Waals surface area contributed by atoms with E-state index in [0.717, 1.165) is 28.7 Å². The Labute approximate surface area is 207 Å². The van der Waals surface area contributed by atoms with Crippen molar-refractivity contribution in [3.8, 4) is 22.6 Å². The lowest BCUT2D eigenvalue weighted by Crippen LogP contribution is -2.04.